The van der Waals surface area contributed by atoms with Crippen LogP contribution in [0.1, 0.15) is 30.9 Å². The van der Waals surface area contributed by atoms with Crippen LogP contribution in [-0.2, 0) is 0 Å². The molecule has 0 saturated carbocycles. The number of urea groups is 1. The number of carbonyl (C=O) groups excluding carboxylic acids is 1. The molecule has 2 aliphatic rings. The van der Waals surface area contributed by atoms with Gasteiger partial charge in [-0.05, 0) is 18.4 Å². The highest BCUT2D eigenvalue weighted by atomic mass is 16.2. The minimum atomic E-state index is 0.0510. The maximum absolute atomic E-state index is 12.4. The lowest BCUT2D eigenvalue weighted by atomic mass is 10.1. The molecule has 1 aromatic rings. The first-order chi connectivity index (χ1) is 8.86. The molecule has 18 heavy (non-hydrogen) atoms. The summed E-state index contributed by atoms with van der Waals surface area (Å²) >= 11 is 0. The fourth-order valence-corrected chi connectivity index (χ4v) is 2.60. The van der Waals surface area contributed by atoms with Gasteiger partial charge in [-0.3, -0.25) is 0 Å². The summed E-state index contributed by atoms with van der Waals surface area (Å²) < 4.78 is 0. The van der Waals surface area contributed by atoms with Crippen LogP contribution in [0.2, 0.25) is 0 Å². The molecule has 0 radical (unpaired) electrons. The van der Waals surface area contributed by atoms with Gasteiger partial charge in [-0.1, -0.05) is 30.3 Å². The fourth-order valence-electron chi connectivity index (χ4n) is 2.60. The molecule has 0 aliphatic carbocycles. The number of rotatable bonds is 1. The van der Waals surface area contributed by atoms with Crippen molar-refractivity contribution < 1.29 is 4.79 Å². The summed E-state index contributed by atoms with van der Waals surface area (Å²) in [7, 11) is 0. The molecule has 94 valence electrons. The van der Waals surface area contributed by atoms with Crippen molar-refractivity contribution in [3.63, 3.8) is 0 Å². The smallest absolute Gasteiger partial charge is 0.323 e. The van der Waals surface area contributed by atoms with Crippen LogP contribution in [0.25, 0.3) is 0 Å². The van der Waals surface area contributed by atoms with Crippen LogP contribution in [0.3, 0.4) is 0 Å². The van der Waals surface area contributed by atoms with Crippen molar-refractivity contribution in [1.82, 2.24) is 9.91 Å². The normalized spacial score (nSPS) is 22.8. The van der Waals surface area contributed by atoms with E-state index >= 15 is 0 Å². The number of amides is 2. The van der Waals surface area contributed by atoms with E-state index in [2.05, 4.69) is 17.2 Å². The lowest BCUT2D eigenvalue weighted by Gasteiger charge is -2.26. The molecular formula is C14H17N3O. The average Bonchev–Trinajstić information content (AvgIpc) is 3.10. The van der Waals surface area contributed by atoms with Gasteiger partial charge in [0.15, 0.2) is 0 Å². The van der Waals surface area contributed by atoms with E-state index in [4.69, 9.17) is 0 Å². The van der Waals surface area contributed by atoms with E-state index in [1.54, 1.807) is 5.01 Å². The average molecular weight is 243 g/mol. The molecule has 2 amide bonds. The lowest BCUT2D eigenvalue weighted by molar-refractivity contribution is 0.151. The van der Waals surface area contributed by atoms with E-state index < -0.39 is 0 Å². The molecule has 1 aromatic carbocycles. The fraction of sp³-hybridized carbons (Fsp3) is 0.429. The van der Waals surface area contributed by atoms with Gasteiger partial charge in [0.1, 0.15) is 0 Å². The van der Waals surface area contributed by atoms with Crippen LogP contribution in [0, 0.1) is 0 Å². The number of benzene rings is 1. The Balaban J connectivity index is 1.78. The first-order valence-corrected chi connectivity index (χ1v) is 6.52. The second-order valence-corrected chi connectivity index (χ2v) is 4.78. The van der Waals surface area contributed by atoms with E-state index in [0.29, 0.717) is 0 Å². The summed E-state index contributed by atoms with van der Waals surface area (Å²) in [5.41, 5.74) is 1.16. The highest BCUT2D eigenvalue weighted by molar-refractivity contribution is 5.78. The number of hydrazone groups is 1. The Kier molecular flexibility index (Phi) is 3.00. The maximum Gasteiger partial charge on any atom is 0.340 e. The molecule has 2 aliphatic heterocycles. The van der Waals surface area contributed by atoms with Crippen LogP contribution >= 0.6 is 0 Å². The first-order valence-electron chi connectivity index (χ1n) is 6.52. The van der Waals surface area contributed by atoms with Gasteiger partial charge in [0, 0.05) is 25.7 Å². The summed E-state index contributed by atoms with van der Waals surface area (Å²) in [5.74, 6) is 0. The lowest BCUT2D eigenvalue weighted by Crippen LogP contribution is -2.39. The molecular weight excluding hydrogens is 226 g/mol. The predicted molar refractivity (Wildman–Crippen MR) is 70.3 cm³/mol. The zero-order valence-electron chi connectivity index (χ0n) is 10.3. The summed E-state index contributed by atoms with van der Waals surface area (Å²) in [6.07, 6.45) is 4.87. The second kappa shape index (κ2) is 4.80. The van der Waals surface area contributed by atoms with Gasteiger partial charge < -0.3 is 4.90 Å². The number of hydrogen-bond acceptors (Lipinski definition) is 2. The molecule has 2 heterocycles. The molecule has 0 spiro atoms. The highest BCUT2D eigenvalue weighted by Gasteiger charge is 2.32. The molecule has 3 rings (SSSR count). The monoisotopic (exact) mass is 243 g/mol. The molecule has 0 aromatic heterocycles. The largest absolute Gasteiger partial charge is 0.340 e. The first kappa shape index (κ1) is 11.3. The predicted octanol–water partition coefficient (Wildman–Crippen LogP) is 2.64. The summed E-state index contributed by atoms with van der Waals surface area (Å²) in [6.45, 7) is 1.73. The molecule has 1 atom stereocenters. The number of likely N-dealkylation sites (tertiary alicyclic amines) is 1. The van der Waals surface area contributed by atoms with Crippen molar-refractivity contribution in [3.05, 3.63) is 35.9 Å². The van der Waals surface area contributed by atoms with E-state index in [0.717, 1.165) is 37.9 Å². The van der Waals surface area contributed by atoms with Gasteiger partial charge in [-0.15, -0.1) is 0 Å². The third-order valence-electron chi connectivity index (χ3n) is 3.59. The summed E-state index contributed by atoms with van der Waals surface area (Å²) in [5, 5.41) is 5.89. The molecule has 0 N–H and O–H groups in total. The molecule has 1 unspecified atom stereocenters. The minimum absolute atomic E-state index is 0.0510. The quantitative estimate of drug-likeness (QED) is 0.747. The van der Waals surface area contributed by atoms with Gasteiger partial charge in [-0.2, -0.15) is 5.10 Å². The topological polar surface area (TPSA) is 35.9 Å². The van der Waals surface area contributed by atoms with Crippen molar-refractivity contribution in [2.75, 3.05) is 13.1 Å². The number of hydrogen-bond donors (Lipinski definition) is 0. The number of carbonyl (C=O) groups is 1. The van der Waals surface area contributed by atoms with Crippen molar-refractivity contribution in [2.45, 2.75) is 25.3 Å². The molecule has 4 nitrogen and oxygen atoms in total. The zero-order valence-corrected chi connectivity index (χ0v) is 10.3. The third kappa shape index (κ3) is 1.98. The van der Waals surface area contributed by atoms with Crippen molar-refractivity contribution in [1.29, 1.82) is 0 Å². The van der Waals surface area contributed by atoms with Crippen molar-refractivity contribution in [2.24, 2.45) is 5.10 Å². The summed E-state index contributed by atoms with van der Waals surface area (Å²) in [4.78, 5) is 14.3. The maximum atomic E-state index is 12.4. The Bertz CT molecular complexity index is 451. The van der Waals surface area contributed by atoms with Crippen LogP contribution in [-0.4, -0.2) is 35.2 Å². The van der Waals surface area contributed by atoms with E-state index in [1.165, 1.54) is 0 Å². The van der Waals surface area contributed by atoms with Gasteiger partial charge >= 0.3 is 6.03 Å². The van der Waals surface area contributed by atoms with Crippen molar-refractivity contribution >= 4 is 12.2 Å². The SMILES string of the molecule is O=C(N1CCCC1)N1N=CCC1c1ccccc1. The Morgan fingerprint density at radius 1 is 1.17 bits per heavy atom. The van der Waals surface area contributed by atoms with Gasteiger partial charge in [-0.25, -0.2) is 9.80 Å². The Morgan fingerprint density at radius 2 is 1.89 bits per heavy atom. The molecule has 1 fully saturated rings. The minimum Gasteiger partial charge on any atom is -0.323 e. The van der Waals surface area contributed by atoms with Gasteiger partial charge in [0.25, 0.3) is 0 Å². The van der Waals surface area contributed by atoms with E-state index in [9.17, 15) is 4.79 Å². The van der Waals surface area contributed by atoms with Crippen LogP contribution in [0.4, 0.5) is 4.79 Å². The van der Waals surface area contributed by atoms with Crippen LogP contribution in [0.15, 0.2) is 35.4 Å². The van der Waals surface area contributed by atoms with Crippen LogP contribution < -0.4 is 0 Å². The van der Waals surface area contributed by atoms with E-state index in [-0.39, 0.29) is 12.1 Å². The summed E-state index contributed by atoms with van der Waals surface area (Å²) in [6, 6.07) is 10.2. The highest BCUT2D eigenvalue weighted by Crippen LogP contribution is 2.29. The van der Waals surface area contributed by atoms with E-state index in [1.807, 2.05) is 29.3 Å². The second-order valence-electron chi connectivity index (χ2n) is 4.78. The van der Waals surface area contributed by atoms with Crippen molar-refractivity contribution in [3.8, 4) is 0 Å². The van der Waals surface area contributed by atoms with Gasteiger partial charge in [0.05, 0.1) is 6.04 Å². The van der Waals surface area contributed by atoms with Crippen LogP contribution in [0.5, 0.6) is 0 Å². The third-order valence-corrected chi connectivity index (χ3v) is 3.59. The Labute approximate surface area is 107 Å². The molecule has 0 bridgehead atoms. The molecule has 4 heteroatoms. The molecule has 1 saturated heterocycles. The number of nitrogens with zero attached hydrogens (tertiary/aromatic N) is 3. The Hall–Kier alpha value is -1.84. The zero-order chi connectivity index (χ0) is 12.4. The van der Waals surface area contributed by atoms with Gasteiger partial charge in [0.2, 0.25) is 0 Å². The standard InChI is InChI=1S/C14H17N3O/c18-14(16-10-4-5-11-16)17-13(8-9-15-17)12-6-2-1-3-7-12/h1-3,6-7,9,13H,4-5,8,10-11H2. The Morgan fingerprint density at radius 3 is 2.61 bits per heavy atom.